The van der Waals surface area contributed by atoms with E-state index in [9.17, 15) is 43.4 Å². The molecular weight excluding hydrogens is 621 g/mol. The Morgan fingerprint density at radius 3 is 2.47 bits per heavy atom. The van der Waals surface area contributed by atoms with Crippen LogP contribution < -0.4 is 15.4 Å². The number of para-hydroxylation sites is 1. The van der Waals surface area contributed by atoms with Crippen molar-refractivity contribution in [2.75, 3.05) is 46.0 Å². The molecule has 0 radical (unpaired) electrons. The second kappa shape index (κ2) is 15.9. The highest BCUT2D eigenvalue weighted by molar-refractivity contribution is 5.96. The third kappa shape index (κ3) is 8.74. The Bertz CT molecular complexity index is 1470. The highest BCUT2D eigenvalue weighted by Crippen LogP contribution is 2.22. The van der Waals surface area contributed by atoms with Crippen molar-refractivity contribution in [1.82, 2.24) is 35.1 Å². The van der Waals surface area contributed by atoms with Gasteiger partial charge >= 0.3 is 12.1 Å². The van der Waals surface area contributed by atoms with Crippen molar-refractivity contribution in [2.24, 2.45) is 0 Å². The predicted molar refractivity (Wildman–Crippen MR) is 162 cm³/mol. The van der Waals surface area contributed by atoms with Gasteiger partial charge in [0, 0.05) is 51.3 Å². The maximum Gasteiger partial charge on any atom is 0.407 e. The number of alkyl halides is 1. The van der Waals surface area contributed by atoms with Crippen molar-refractivity contribution in [3.05, 3.63) is 42.1 Å². The van der Waals surface area contributed by atoms with E-state index in [2.05, 4.69) is 15.7 Å². The van der Waals surface area contributed by atoms with Crippen molar-refractivity contribution >= 4 is 35.7 Å². The summed E-state index contributed by atoms with van der Waals surface area (Å²) in [6.07, 6.45) is -0.748. The molecule has 2 aliphatic heterocycles. The van der Waals surface area contributed by atoms with E-state index in [0.717, 1.165) is 0 Å². The zero-order chi connectivity index (χ0) is 34.1. The average Bonchev–Trinajstić information content (AvgIpc) is 3.72. The number of halogens is 1. The number of hydrogen-bond acceptors (Lipinski definition) is 8. The third-order valence-corrected chi connectivity index (χ3v) is 7.96. The zero-order valence-electron chi connectivity index (χ0n) is 25.8. The van der Waals surface area contributed by atoms with Gasteiger partial charge in [-0.15, -0.1) is 0 Å². The van der Waals surface area contributed by atoms with Crippen LogP contribution in [0.15, 0.2) is 36.4 Å². The van der Waals surface area contributed by atoms with Crippen LogP contribution in [-0.2, 0) is 19.2 Å². The van der Waals surface area contributed by atoms with Gasteiger partial charge in [-0.1, -0.05) is 18.2 Å². The lowest BCUT2D eigenvalue weighted by Crippen LogP contribution is -2.58. The van der Waals surface area contributed by atoms with E-state index >= 15 is 0 Å². The zero-order valence-corrected chi connectivity index (χ0v) is 25.8. The van der Waals surface area contributed by atoms with Crippen LogP contribution in [0.4, 0.5) is 9.18 Å². The van der Waals surface area contributed by atoms with E-state index in [1.165, 1.54) is 25.4 Å². The molecule has 3 atom stereocenters. The topological polar surface area (TPSA) is 204 Å². The molecule has 17 heteroatoms. The Morgan fingerprint density at radius 2 is 1.81 bits per heavy atom. The molecule has 47 heavy (non-hydrogen) atoms. The van der Waals surface area contributed by atoms with E-state index < -0.39 is 73.5 Å². The fourth-order valence-corrected chi connectivity index (χ4v) is 5.60. The molecule has 0 aliphatic carbocycles. The van der Waals surface area contributed by atoms with Crippen LogP contribution in [0.5, 0.6) is 5.88 Å². The average molecular weight is 660 g/mol. The van der Waals surface area contributed by atoms with Gasteiger partial charge in [0.15, 0.2) is 12.3 Å². The van der Waals surface area contributed by atoms with Gasteiger partial charge in [-0.05, 0) is 38.3 Å². The van der Waals surface area contributed by atoms with Gasteiger partial charge in [0.1, 0.15) is 18.8 Å². The molecule has 3 heterocycles. The first-order valence-corrected chi connectivity index (χ1v) is 15.2. The van der Waals surface area contributed by atoms with Gasteiger partial charge in [-0.3, -0.25) is 24.0 Å². The number of amides is 5. The van der Waals surface area contributed by atoms with Gasteiger partial charge in [0.2, 0.25) is 17.7 Å². The van der Waals surface area contributed by atoms with Gasteiger partial charge < -0.3 is 40.3 Å². The largest absolute Gasteiger partial charge is 0.481 e. The minimum Gasteiger partial charge on any atom is -0.481 e. The predicted octanol–water partition coefficient (Wildman–Crippen LogP) is 0.502. The van der Waals surface area contributed by atoms with Crippen molar-refractivity contribution in [3.8, 4) is 11.6 Å². The van der Waals surface area contributed by atoms with Crippen LogP contribution in [0.3, 0.4) is 0 Å². The van der Waals surface area contributed by atoms with Crippen molar-refractivity contribution in [1.29, 1.82) is 0 Å². The lowest BCUT2D eigenvalue weighted by Gasteiger charge is -2.39. The third-order valence-electron chi connectivity index (χ3n) is 7.96. The summed E-state index contributed by atoms with van der Waals surface area (Å²) in [5.41, 5.74) is 0.306. The van der Waals surface area contributed by atoms with Crippen molar-refractivity contribution in [2.45, 2.75) is 50.7 Å². The molecule has 4 N–H and O–H groups in total. The normalized spacial score (nSPS) is 18.4. The molecule has 1 aromatic heterocycles. The fourth-order valence-electron chi connectivity index (χ4n) is 5.60. The van der Waals surface area contributed by atoms with Crippen LogP contribution in [0.25, 0.3) is 5.69 Å². The number of carboxylic acid groups (broad SMARTS) is 2. The maximum absolute atomic E-state index is 13.4. The molecule has 0 spiro atoms. The molecule has 4 rings (SSSR count). The second-order valence-electron chi connectivity index (χ2n) is 11.2. The SMILES string of the molecule is C[C@@H]1CN(C(=O)[C@H](CCC(=O)O)NC(=O)c2cc(OCC(=O)N3CCC[C@H]3C(=O)NCCF)n(-c3ccccc3)n2)CCN1C(=O)O. The minimum atomic E-state index is -1.24. The summed E-state index contributed by atoms with van der Waals surface area (Å²) in [5.74, 6) is -3.47. The first-order chi connectivity index (χ1) is 22.5. The van der Waals surface area contributed by atoms with Gasteiger partial charge in [-0.25, -0.2) is 13.9 Å². The Hall–Kier alpha value is -5.22. The van der Waals surface area contributed by atoms with Crippen molar-refractivity contribution in [3.63, 3.8) is 0 Å². The van der Waals surface area contributed by atoms with Gasteiger partial charge in [0.25, 0.3) is 11.8 Å². The number of ether oxygens (including phenoxy) is 1. The molecule has 2 fully saturated rings. The van der Waals surface area contributed by atoms with E-state index in [1.54, 1.807) is 37.3 Å². The molecule has 0 saturated carbocycles. The number of likely N-dealkylation sites (tertiary alicyclic amines) is 1. The first kappa shape index (κ1) is 34.6. The molecule has 5 amide bonds. The summed E-state index contributed by atoms with van der Waals surface area (Å²) in [4.78, 5) is 79.2. The maximum atomic E-state index is 13.4. The number of nitrogens with zero attached hydrogens (tertiary/aromatic N) is 5. The highest BCUT2D eigenvalue weighted by atomic mass is 19.1. The molecule has 1 aromatic carbocycles. The number of hydrogen-bond donors (Lipinski definition) is 4. The second-order valence-corrected chi connectivity index (χ2v) is 11.2. The minimum absolute atomic E-state index is 0.0133. The first-order valence-electron chi connectivity index (χ1n) is 15.2. The molecule has 254 valence electrons. The van der Waals surface area contributed by atoms with Gasteiger partial charge in [0.05, 0.1) is 5.69 Å². The summed E-state index contributed by atoms with van der Waals surface area (Å²) in [5, 5.41) is 28.0. The molecule has 2 saturated heterocycles. The summed E-state index contributed by atoms with van der Waals surface area (Å²) >= 11 is 0. The molecule has 0 unspecified atom stereocenters. The molecule has 0 bridgehead atoms. The Kier molecular flexibility index (Phi) is 11.7. The number of rotatable bonds is 13. The lowest BCUT2D eigenvalue weighted by molar-refractivity contribution is -0.140. The van der Waals surface area contributed by atoms with E-state index in [1.807, 2.05) is 0 Å². The highest BCUT2D eigenvalue weighted by Gasteiger charge is 2.36. The number of piperazine rings is 1. The summed E-state index contributed by atoms with van der Waals surface area (Å²) < 4.78 is 19.6. The monoisotopic (exact) mass is 659 g/mol. The Morgan fingerprint density at radius 1 is 1.06 bits per heavy atom. The van der Waals surface area contributed by atoms with Crippen LogP contribution >= 0.6 is 0 Å². The van der Waals surface area contributed by atoms with Crippen molar-refractivity contribution < 1.29 is 48.1 Å². The van der Waals surface area contributed by atoms with Crippen LogP contribution in [0.1, 0.15) is 43.1 Å². The van der Waals surface area contributed by atoms with E-state index in [4.69, 9.17) is 4.74 Å². The molecule has 2 aliphatic rings. The number of carbonyl (C=O) groups excluding carboxylic acids is 4. The molecule has 16 nitrogen and oxygen atoms in total. The number of carboxylic acids is 1. The number of carbonyl (C=O) groups is 6. The summed E-state index contributed by atoms with van der Waals surface area (Å²) in [6, 6.07) is 7.35. The van der Waals surface area contributed by atoms with Crippen LogP contribution in [0.2, 0.25) is 0 Å². The number of benzene rings is 1. The Balaban J connectivity index is 1.51. The standard InChI is InChI=1S/C30H38FN7O9/c1-19-17-35(14-15-36(19)30(45)46)29(44)21(9-10-26(40)41)33-27(42)22-16-25(38(34-22)20-6-3-2-4-7-20)47-18-24(39)37-13-5-8-23(37)28(43)32-12-11-31/h2-4,6-7,16,19,21,23H,5,8-15,17-18H2,1H3,(H,32,43)(H,33,42)(H,40,41)(H,45,46)/t19-,21+,23+/m1/s1. The number of aliphatic carboxylic acids is 1. The van der Waals surface area contributed by atoms with Crippen LogP contribution in [0, 0.1) is 0 Å². The molecule has 2 aromatic rings. The summed E-state index contributed by atoms with van der Waals surface area (Å²) in [6.45, 7) is 0.776. The lowest BCUT2D eigenvalue weighted by atomic mass is 10.1. The molecular formula is C30H38FN7O9. The van der Waals surface area contributed by atoms with E-state index in [0.29, 0.717) is 25.1 Å². The van der Waals surface area contributed by atoms with E-state index in [-0.39, 0.29) is 44.2 Å². The van der Waals surface area contributed by atoms with Crippen LogP contribution in [-0.4, -0.2) is 135 Å². The fraction of sp³-hybridized carbons (Fsp3) is 0.500. The summed E-state index contributed by atoms with van der Waals surface area (Å²) in [7, 11) is 0. The number of aromatic nitrogens is 2. The number of nitrogens with one attached hydrogen (secondary N) is 2. The smallest absolute Gasteiger partial charge is 0.407 e. The van der Waals surface area contributed by atoms with Gasteiger partial charge in [-0.2, -0.15) is 5.10 Å². The quantitative estimate of drug-likeness (QED) is 0.234. The Labute approximate surface area is 269 Å².